The molecule has 1 aliphatic heterocycles. The van der Waals surface area contributed by atoms with Gasteiger partial charge in [0.1, 0.15) is 0 Å². The van der Waals surface area contributed by atoms with E-state index in [1.165, 1.54) is 28.0 Å². The van der Waals surface area contributed by atoms with Crippen molar-refractivity contribution in [3.63, 3.8) is 0 Å². The predicted molar refractivity (Wildman–Crippen MR) is 93.0 cm³/mol. The second-order valence-electron chi connectivity index (χ2n) is 6.42. The number of hydrogen-bond acceptors (Lipinski definition) is 1. The Morgan fingerprint density at radius 3 is 2.67 bits per heavy atom. The molecule has 0 aromatic rings. The second-order valence-corrected chi connectivity index (χ2v) is 6.42. The Bertz CT molecular complexity index is 530. The molecule has 0 N–H and O–H groups in total. The van der Waals surface area contributed by atoms with Crippen LogP contribution in [0.2, 0.25) is 0 Å². The molecule has 0 saturated heterocycles. The standard InChI is InChI=1S/C20H29N/c1-7-18(8-2)9-10-19-13-21(12-11-14(19)3)20-16(5)15(4)17(20)6/h7,9-10,15,18H,1,5,8,11-13H2,2-4,6H3. The molecule has 0 spiro atoms. The average Bonchev–Trinajstić information content (AvgIpc) is 2.50. The molecule has 0 aromatic carbocycles. The van der Waals surface area contributed by atoms with E-state index in [-0.39, 0.29) is 0 Å². The molecular weight excluding hydrogens is 254 g/mol. The van der Waals surface area contributed by atoms with E-state index in [4.69, 9.17) is 0 Å². The lowest BCUT2D eigenvalue weighted by Gasteiger charge is -2.42. The maximum Gasteiger partial charge on any atom is 0.0429 e. The van der Waals surface area contributed by atoms with Crippen LogP contribution >= 0.6 is 0 Å². The van der Waals surface area contributed by atoms with Gasteiger partial charge in [-0.3, -0.25) is 0 Å². The number of rotatable bonds is 5. The van der Waals surface area contributed by atoms with Crippen LogP contribution in [0.5, 0.6) is 0 Å². The third kappa shape index (κ3) is 3.07. The number of allylic oxidation sites excluding steroid dienone is 4. The minimum Gasteiger partial charge on any atom is -0.367 e. The van der Waals surface area contributed by atoms with E-state index in [0.717, 1.165) is 25.9 Å². The molecular formula is C20H29N. The lowest BCUT2D eigenvalue weighted by Crippen LogP contribution is -2.37. The molecule has 1 heteroatoms. The van der Waals surface area contributed by atoms with Crippen LogP contribution in [-0.4, -0.2) is 18.0 Å². The summed E-state index contributed by atoms with van der Waals surface area (Å²) in [6.45, 7) is 19.3. The Labute approximate surface area is 130 Å². The smallest absolute Gasteiger partial charge is 0.0429 e. The fourth-order valence-electron chi connectivity index (χ4n) is 3.19. The normalized spacial score (nSPS) is 24.7. The topological polar surface area (TPSA) is 3.24 Å². The highest BCUT2D eigenvalue weighted by Crippen LogP contribution is 2.41. The van der Waals surface area contributed by atoms with Gasteiger partial charge in [0.25, 0.3) is 0 Å². The minimum absolute atomic E-state index is 0.486. The molecule has 1 aliphatic carbocycles. The van der Waals surface area contributed by atoms with Crippen molar-refractivity contribution in [2.75, 3.05) is 13.1 Å². The van der Waals surface area contributed by atoms with Gasteiger partial charge in [-0.05, 0) is 49.3 Å². The highest BCUT2D eigenvalue weighted by atomic mass is 15.2. The highest BCUT2D eigenvalue weighted by molar-refractivity contribution is 5.49. The van der Waals surface area contributed by atoms with E-state index in [0.29, 0.717) is 11.8 Å². The van der Waals surface area contributed by atoms with Gasteiger partial charge in [-0.15, -0.1) is 6.58 Å². The van der Waals surface area contributed by atoms with Crippen LogP contribution in [0.4, 0.5) is 0 Å². The molecule has 1 nitrogen and oxygen atoms in total. The molecule has 0 radical (unpaired) electrons. The molecule has 2 unspecified atom stereocenters. The summed E-state index contributed by atoms with van der Waals surface area (Å²) in [4.78, 5) is 2.51. The van der Waals surface area contributed by atoms with E-state index < -0.39 is 0 Å². The highest BCUT2D eigenvalue weighted by Gasteiger charge is 2.31. The van der Waals surface area contributed by atoms with Crippen LogP contribution in [0, 0.1) is 11.8 Å². The zero-order valence-corrected chi connectivity index (χ0v) is 14.1. The quantitative estimate of drug-likeness (QED) is 0.622. The zero-order valence-electron chi connectivity index (χ0n) is 14.1. The summed E-state index contributed by atoms with van der Waals surface area (Å²) in [5.41, 5.74) is 7.22. The van der Waals surface area contributed by atoms with Crippen molar-refractivity contribution in [3.8, 4) is 0 Å². The molecule has 2 atom stereocenters. The molecule has 114 valence electrons. The number of hydrogen-bond donors (Lipinski definition) is 0. The first-order valence-electron chi connectivity index (χ1n) is 8.13. The lowest BCUT2D eigenvalue weighted by atomic mass is 9.78. The largest absolute Gasteiger partial charge is 0.367 e. The van der Waals surface area contributed by atoms with Crippen molar-refractivity contribution in [2.45, 2.75) is 40.5 Å². The van der Waals surface area contributed by atoms with E-state index in [2.05, 4.69) is 57.9 Å². The first kappa shape index (κ1) is 15.9. The predicted octanol–water partition coefficient (Wildman–Crippen LogP) is 5.26. The van der Waals surface area contributed by atoms with Gasteiger partial charge in [-0.2, -0.15) is 0 Å². The zero-order chi connectivity index (χ0) is 15.6. The molecule has 0 aromatic heterocycles. The summed E-state index contributed by atoms with van der Waals surface area (Å²) in [6.07, 6.45) is 8.93. The third-order valence-corrected chi connectivity index (χ3v) is 5.15. The van der Waals surface area contributed by atoms with Crippen molar-refractivity contribution >= 4 is 0 Å². The molecule has 2 aliphatic rings. The molecule has 1 heterocycles. The minimum atomic E-state index is 0.486. The Kier molecular flexibility index (Phi) is 4.92. The maximum absolute atomic E-state index is 4.25. The van der Waals surface area contributed by atoms with Crippen LogP contribution in [0.3, 0.4) is 0 Å². The average molecular weight is 283 g/mol. The van der Waals surface area contributed by atoms with Crippen LogP contribution in [0.1, 0.15) is 40.5 Å². The Morgan fingerprint density at radius 2 is 2.10 bits per heavy atom. The van der Waals surface area contributed by atoms with Crippen LogP contribution in [0.25, 0.3) is 0 Å². The SMILES string of the molecule is C=CC(C=CC1=C(C)CCN(C2=C(C)C(C)C2=C)C1)CC. The van der Waals surface area contributed by atoms with Crippen LogP contribution < -0.4 is 0 Å². The fraction of sp³-hybridized carbons (Fsp3) is 0.500. The van der Waals surface area contributed by atoms with Gasteiger partial charge in [0.15, 0.2) is 0 Å². The molecule has 2 rings (SSSR count). The summed E-state index contributed by atoms with van der Waals surface area (Å²) in [6, 6.07) is 0. The lowest BCUT2D eigenvalue weighted by molar-refractivity contribution is 0.339. The van der Waals surface area contributed by atoms with Gasteiger partial charge in [0.2, 0.25) is 0 Å². The van der Waals surface area contributed by atoms with E-state index in [9.17, 15) is 0 Å². The fourth-order valence-corrected chi connectivity index (χ4v) is 3.19. The van der Waals surface area contributed by atoms with Gasteiger partial charge in [-0.1, -0.05) is 44.2 Å². The molecule has 0 amide bonds. The van der Waals surface area contributed by atoms with Gasteiger partial charge in [-0.25, -0.2) is 0 Å². The van der Waals surface area contributed by atoms with Gasteiger partial charge in [0.05, 0.1) is 0 Å². The Hall–Kier alpha value is -1.50. The van der Waals surface area contributed by atoms with Crippen molar-refractivity contribution in [2.24, 2.45) is 11.8 Å². The molecule has 0 fully saturated rings. The van der Waals surface area contributed by atoms with E-state index >= 15 is 0 Å². The van der Waals surface area contributed by atoms with Gasteiger partial charge < -0.3 is 4.90 Å². The Balaban J connectivity index is 2.13. The summed E-state index contributed by atoms with van der Waals surface area (Å²) in [7, 11) is 0. The summed E-state index contributed by atoms with van der Waals surface area (Å²) >= 11 is 0. The van der Waals surface area contributed by atoms with Crippen molar-refractivity contribution < 1.29 is 0 Å². The van der Waals surface area contributed by atoms with Crippen molar-refractivity contribution in [1.29, 1.82) is 0 Å². The van der Waals surface area contributed by atoms with E-state index in [1.54, 1.807) is 0 Å². The molecule has 0 saturated carbocycles. The summed E-state index contributed by atoms with van der Waals surface area (Å²) < 4.78 is 0. The summed E-state index contributed by atoms with van der Waals surface area (Å²) in [5, 5.41) is 0. The Morgan fingerprint density at radius 1 is 1.38 bits per heavy atom. The van der Waals surface area contributed by atoms with Gasteiger partial charge >= 0.3 is 0 Å². The van der Waals surface area contributed by atoms with Crippen molar-refractivity contribution in [1.82, 2.24) is 4.90 Å². The van der Waals surface area contributed by atoms with Gasteiger partial charge in [0, 0.05) is 24.7 Å². The molecule has 21 heavy (non-hydrogen) atoms. The first-order chi connectivity index (χ1) is 9.99. The molecule has 0 bridgehead atoms. The second kappa shape index (κ2) is 6.51. The van der Waals surface area contributed by atoms with Crippen LogP contribution in [-0.2, 0) is 0 Å². The van der Waals surface area contributed by atoms with Crippen LogP contribution in [0.15, 0.2) is 59.4 Å². The first-order valence-corrected chi connectivity index (χ1v) is 8.13. The summed E-state index contributed by atoms with van der Waals surface area (Å²) in [5.74, 6) is 1.05. The monoisotopic (exact) mass is 283 g/mol. The third-order valence-electron chi connectivity index (χ3n) is 5.15. The maximum atomic E-state index is 4.25. The van der Waals surface area contributed by atoms with Crippen molar-refractivity contribution in [3.05, 3.63) is 59.4 Å². The number of nitrogens with zero attached hydrogens (tertiary/aromatic N) is 1. The van der Waals surface area contributed by atoms with E-state index in [1.807, 2.05) is 6.08 Å².